The second kappa shape index (κ2) is 7.12. The van der Waals surface area contributed by atoms with Crippen LogP contribution in [0.1, 0.15) is 16.7 Å². The first-order chi connectivity index (χ1) is 13.1. The average molecular weight is 354 g/mol. The van der Waals surface area contributed by atoms with Crippen LogP contribution in [0.15, 0.2) is 82.3 Å². The van der Waals surface area contributed by atoms with Crippen molar-refractivity contribution in [3.63, 3.8) is 0 Å². The summed E-state index contributed by atoms with van der Waals surface area (Å²) in [5.41, 5.74) is 9.63. The summed E-state index contributed by atoms with van der Waals surface area (Å²) in [6.07, 6.45) is 0. The van der Waals surface area contributed by atoms with E-state index in [9.17, 15) is 0 Å². The Labute approximate surface area is 159 Å². The zero-order valence-electron chi connectivity index (χ0n) is 15.8. The summed E-state index contributed by atoms with van der Waals surface area (Å²) in [6.45, 7) is 6.29. The molecule has 0 aliphatic carbocycles. The largest absolute Gasteiger partial charge is 0.456 e. The van der Waals surface area contributed by atoms with Gasteiger partial charge in [-0.2, -0.15) is 5.10 Å². The molecule has 0 aliphatic heterocycles. The third-order valence-electron chi connectivity index (χ3n) is 4.77. The predicted molar refractivity (Wildman–Crippen MR) is 111 cm³/mol. The van der Waals surface area contributed by atoms with E-state index in [0.29, 0.717) is 0 Å². The summed E-state index contributed by atoms with van der Waals surface area (Å²) in [5, 5.41) is 6.53. The Kier molecular flexibility index (Phi) is 4.51. The van der Waals surface area contributed by atoms with Gasteiger partial charge in [0.1, 0.15) is 11.3 Å². The van der Waals surface area contributed by atoms with Crippen LogP contribution >= 0.6 is 0 Å². The number of nitrogens with zero attached hydrogens (tertiary/aromatic N) is 1. The van der Waals surface area contributed by atoms with Crippen LogP contribution in [-0.2, 0) is 0 Å². The number of nitrogens with one attached hydrogen (secondary N) is 1. The molecule has 4 aromatic rings. The van der Waals surface area contributed by atoms with E-state index in [2.05, 4.69) is 67.7 Å². The molecular weight excluding hydrogens is 332 g/mol. The number of para-hydroxylation sites is 1. The maximum absolute atomic E-state index is 6.23. The number of anilines is 1. The number of hydrogen-bond donors (Lipinski definition) is 1. The average Bonchev–Trinajstić information content (AvgIpc) is 2.68. The van der Waals surface area contributed by atoms with Crippen molar-refractivity contribution >= 4 is 16.7 Å². The first-order valence-corrected chi connectivity index (χ1v) is 9.07. The molecule has 1 heterocycles. The first kappa shape index (κ1) is 17.1. The Bertz CT molecular complexity index is 1160. The lowest BCUT2D eigenvalue weighted by molar-refractivity contribution is 0.617. The minimum absolute atomic E-state index is 0.805. The maximum atomic E-state index is 6.23. The standard InChI is InChI=1S/C24H22N2O/c1-16-9-11-19(12-10-16)23-15-22(26-25-20-7-5-4-6-8-20)21-13-17(2)18(3)14-24(21)27-23/h4-15,25H,1-3H3/b26-22+. The Balaban J connectivity index is 1.91. The summed E-state index contributed by atoms with van der Waals surface area (Å²) in [6, 6.07) is 24.5. The van der Waals surface area contributed by atoms with Crippen molar-refractivity contribution in [1.29, 1.82) is 0 Å². The van der Waals surface area contributed by atoms with E-state index in [-0.39, 0.29) is 0 Å². The highest BCUT2D eigenvalue weighted by molar-refractivity contribution is 5.80. The van der Waals surface area contributed by atoms with Crippen molar-refractivity contribution in [2.24, 2.45) is 5.10 Å². The van der Waals surface area contributed by atoms with Crippen molar-refractivity contribution in [2.75, 3.05) is 5.43 Å². The Morgan fingerprint density at radius 1 is 0.778 bits per heavy atom. The third-order valence-corrected chi connectivity index (χ3v) is 4.77. The second-order valence-electron chi connectivity index (χ2n) is 6.88. The van der Waals surface area contributed by atoms with Crippen LogP contribution in [0.4, 0.5) is 5.69 Å². The summed E-state index contributed by atoms with van der Waals surface area (Å²) in [5.74, 6) is 0.805. The summed E-state index contributed by atoms with van der Waals surface area (Å²) < 4.78 is 6.23. The van der Waals surface area contributed by atoms with Crippen LogP contribution in [0.5, 0.6) is 0 Å². The van der Waals surface area contributed by atoms with E-state index in [1.54, 1.807) is 0 Å². The first-order valence-electron chi connectivity index (χ1n) is 9.07. The monoisotopic (exact) mass is 354 g/mol. The molecule has 0 saturated heterocycles. The van der Waals surface area contributed by atoms with Gasteiger partial charge in [-0.05, 0) is 56.2 Å². The fourth-order valence-corrected chi connectivity index (χ4v) is 3.01. The highest BCUT2D eigenvalue weighted by atomic mass is 16.3. The van der Waals surface area contributed by atoms with Gasteiger partial charge in [0.2, 0.25) is 0 Å². The van der Waals surface area contributed by atoms with Crippen molar-refractivity contribution < 1.29 is 4.42 Å². The number of hydrogen-bond acceptors (Lipinski definition) is 3. The molecule has 1 N–H and O–H groups in total. The Morgan fingerprint density at radius 2 is 1.48 bits per heavy atom. The van der Waals surface area contributed by atoms with E-state index in [1.807, 2.05) is 36.4 Å². The number of benzene rings is 3. The van der Waals surface area contributed by atoms with Gasteiger partial charge in [-0.3, -0.25) is 5.43 Å². The van der Waals surface area contributed by atoms with E-state index in [1.165, 1.54) is 16.7 Å². The zero-order valence-corrected chi connectivity index (χ0v) is 15.8. The van der Waals surface area contributed by atoms with E-state index >= 15 is 0 Å². The Hall–Kier alpha value is -3.33. The fraction of sp³-hybridized carbons (Fsp3) is 0.125. The second-order valence-corrected chi connectivity index (χ2v) is 6.88. The summed E-state index contributed by atoms with van der Waals surface area (Å²) in [4.78, 5) is 0. The molecule has 0 saturated carbocycles. The molecule has 0 amide bonds. The van der Waals surface area contributed by atoms with Crippen LogP contribution < -0.4 is 10.8 Å². The van der Waals surface area contributed by atoms with Crippen molar-refractivity contribution in [2.45, 2.75) is 20.8 Å². The third kappa shape index (κ3) is 3.63. The van der Waals surface area contributed by atoms with Crippen LogP contribution in [0.25, 0.3) is 22.3 Å². The molecule has 0 radical (unpaired) electrons. The van der Waals surface area contributed by atoms with Crippen LogP contribution in [0.2, 0.25) is 0 Å². The van der Waals surface area contributed by atoms with Gasteiger partial charge in [0.15, 0.2) is 0 Å². The Morgan fingerprint density at radius 3 is 2.22 bits per heavy atom. The normalized spacial score (nSPS) is 11.7. The quantitative estimate of drug-likeness (QED) is 0.461. The predicted octanol–water partition coefficient (Wildman–Crippen LogP) is 5.95. The molecule has 0 fully saturated rings. The lowest BCUT2D eigenvalue weighted by Crippen LogP contribution is -2.08. The summed E-state index contributed by atoms with van der Waals surface area (Å²) in [7, 11) is 0. The number of fused-ring (bicyclic) bond motifs is 1. The molecule has 0 atom stereocenters. The van der Waals surface area contributed by atoms with Gasteiger partial charge < -0.3 is 4.42 Å². The maximum Gasteiger partial charge on any atom is 0.137 e. The lowest BCUT2D eigenvalue weighted by Gasteiger charge is -2.08. The molecule has 3 heteroatoms. The highest BCUT2D eigenvalue weighted by Gasteiger charge is 2.08. The van der Waals surface area contributed by atoms with Gasteiger partial charge >= 0.3 is 0 Å². The van der Waals surface area contributed by atoms with Crippen LogP contribution in [0.3, 0.4) is 0 Å². The van der Waals surface area contributed by atoms with Gasteiger partial charge in [0.05, 0.1) is 11.0 Å². The van der Waals surface area contributed by atoms with Crippen molar-refractivity contribution in [3.05, 3.63) is 94.8 Å². The van der Waals surface area contributed by atoms with Gasteiger partial charge in [0.25, 0.3) is 0 Å². The van der Waals surface area contributed by atoms with Gasteiger partial charge in [-0.15, -0.1) is 0 Å². The van der Waals surface area contributed by atoms with E-state index in [4.69, 9.17) is 4.42 Å². The number of rotatable bonds is 3. The minimum Gasteiger partial charge on any atom is -0.456 e. The molecule has 3 aromatic carbocycles. The molecule has 0 bridgehead atoms. The molecule has 0 spiro atoms. The lowest BCUT2D eigenvalue weighted by atomic mass is 10.1. The summed E-state index contributed by atoms with van der Waals surface area (Å²) >= 11 is 0. The van der Waals surface area contributed by atoms with E-state index < -0.39 is 0 Å². The van der Waals surface area contributed by atoms with Crippen LogP contribution in [0, 0.1) is 20.8 Å². The topological polar surface area (TPSA) is 37.5 Å². The molecule has 1 aromatic heterocycles. The SMILES string of the molecule is Cc1ccc(-c2c/c(=N\Nc3ccccc3)c3cc(C)c(C)cc3o2)cc1. The molecule has 0 unspecified atom stereocenters. The van der Waals surface area contributed by atoms with Gasteiger partial charge in [-0.1, -0.05) is 48.0 Å². The fourth-order valence-electron chi connectivity index (χ4n) is 3.01. The zero-order chi connectivity index (χ0) is 18.8. The molecule has 3 nitrogen and oxygen atoms in total. The molecule has 4 rings (SSSR count). The minimum atomic E-state index is 0.805. The molecule has 134 valence electrons. The van der Waals surface area contributed by atoms with Crippen molar-refractivity contribution in [3.8, 4) is 11.3 Å². The molecule has 27 heavy (non-hydrogen) atoms. The highest BCUT2D eigenvalue weighted by Crippen LogP contribution is 2.24. The molecular formula is C24H22N2O. The van der Waals surface area contributed by atoms with Crippen LogP contribution in [-0.4, -0.2) is 0 Å². The number of aryl methyl sites for hydroxylation is 3. The smallest absolute Gasteiger partial charge is 0.137 e. The van der Waals surface area contributed by atoms with E-state index in [0.717, 1.165) is 33.3 Å². The van der Waals surface area contributed by atoms with Gasteiger partial charge in [-0.25, -0.2) is 0 Å². The van der Waals surface area contributed by atoms with Gasteiger partial charge in [0, 0.05) is 17.0 Å². The molecule has 0 aliphatic rings. The van der Waals surface area contributed by atoms with Crippen molar-refractivity contribution in [1.82, 2.24) is 0 Å².